The number of rotatable bonds is 8. The van der Waals surface area contributed by atoms with Crippen LogP contribution < -0.4 is 14.4 Å². The molecule has 5 rings (SSSR count). The van der Waals surface area contributed by atoms with Crippen molar-refractivity contribution in [3.05, 3.63) is 89.0 Å². The van der Waals surface area contributed by atoms with Crippen molar-refractivity contribution in [2.75, 3.05) is 32.8 Å². The Morgan fingerprint density at radius 3 is 2.00 bits per heavy atom. The van der Waals surface area contributed by atoms with E-state index in [0.29, 0.717) is 18.8 Å². The van der Waals surface area contributed by atoms with Gasteiger partial charge in [-0.1, -0.05) is 48.2 Å². The quantitative estimate of drug-likeness (QED) is 0.299. The maximum Gasteiger partial charge on any atom is 0.422 e. The third kappa shape index (κ3) is 5.77. The number of benzene rings is 3. The number of fused-ring (bicyclic) bond motifs is 1. The summed E-state index contributed by atoms with van der Waals surface area (Å²) in [5.74, 6) is 7.15. The van der Waals surface area contributed by atoms with Gasteiger partial charge in [-0.2, -0.15) is 13.2 Å². The Labute approximate surface area is 233 Å². The lowest BCUT2D eigenvalue weighted by Crippen LogP contribution is -2.60. The molecule has 210 valence electrons. The number of hydrogen-bond acceptors (Lipinski definition) is 5. The molecule has 0 spiro atoms. The molecule has 2 aliphatic rings. The summed E-state index contributed by atoms with van der Waals surface area (Å²) < 4.78 is 61.3. The van der Waals surface area contributed by atoms with Crippen LogP contribution in [0.2, 0.25) is 0 Å². The summed E-state index contributed by atoms with van der Waals surface area (Å²) in [7, 11) is 4.72. The van der Waals surface area contributed by atoms with Crippen LogP contribution in [-0.2, 0) is 30.0 Å². The van der Waals surface area contributed by atoms with Crippen LogP contribution in [0.4, 0.5) is 18.9 Å². The predicted octanol–water partition coefficient (Wildman–Crippen LogP) is 6.50. The molecule has 1 saturated carbocycles. The molecule has 0 saturated heterocycles. The minimum atomic E-state index is -4.59. The van der Waals surface area contributed by atoms with Gasteiger partial charge in [0.2, 0.25) is 5.54 Å². The first-order valence-corrected chi connectivity index (χ1v) is 13.3. The number of halogens is 3. The standard InChI is InChI=1S/C32H33F3N2O3/c1-36-22-37(19-24-6-11-27(38-2)12-7-24)30-18-26(21-40-20-25-8-13-28(39-3)14-9-25)10-15-29(30)31(36,32(33,34)35)17-16-23-4-5-23/h6-15,18,23H,4-5,19-22H2,1-3H3/t31-/m0/s1. The van der Waals surface area contributed by atoms with Gasteiger partial charge in [-0.25, -0.2) is 0 Å². The van der Waals surface area contributed by atoms with Crippen molar-refractivity contribution in [3.8, 4) is 23.3 Å². The Balaban J connectivity index is 1.47. The second-order valence-electron chi connectivity index (χ2n) is 10.3. The molecule has 0 N–H and O–H groups in total. The fourth-order valence-corrected chi connectivity index (χ4v) is 5.01. The molecule has 1 aliphatic carbocycles. The number of ether oxygens (including phenoxy) is 3. The van der Waals surface area contributed by atoms with E-state index in [-0.39, 0.29) is 24.8 Å². The van der Waals surface area contributed by atoms with Gasteiger partial charge in [-0.15, -0.1) is 0 Å². The van der Waals surface area contributed by atoms with Crippen molar-refractivity contribution in [3.63, 3.8) is 0 Å². The Morgan fingerprint density at radius 2 is 1.43 bits per heavy atom. The minimum Gasteiger partial charge on any atom is -0.497 e. The third-order valence-electron chi connectivity index (χ3n) is 7.42. The summed E-state index contributed by atoms with van der Waals surface area (Å²) in [6, 6.07) is 20.3. The molecule has 0 unspecified atom stereocenters. The van der Waals surface area contributed by atoms with Gasteiger partial charge in [-0.05, 0) is 66.9 Å². The zero-order chi connectivity index (χ0) is 28.3. The van der Waals surface area contributed by atoms with E-state index >= 15 is 0 Å². The van der Waals surface area contributed by atoms with Crippen molar-refractivity contribution in [2.24, 2.45) is 5.92 Å². The lowest BCUT2D eigenvalue weighted by molar-refractivity contribution is -0.214. The second-order valence-corrected chi connectivity index (χ2v) is 10.3. The van der Waals surface area contributed by atoms with Crippen LogP contribution in [0, 0.1) is 17.8 Å². The Hall–Kier alpha value is -3.67. The lowest BCUT2D eigenvalue weighted by atomic mass is 9.83. The van der Waals surface area contributed by atoms with Crippen LogP contribution >= 0.6 is 0 Å². The van der Waals surface area contributed by atoms with Crippen molar-refractivity contribution < 1.29 is 27.4 Å². The number of nitrogens with zero attached hydrogens (tertiary/aromatic N) is 2. The number of methoxy groups -OCH3 is 2. The van der Waals surface area contributed by atoms with Crippen LogP contribution in [0.25, 0.3) is 0 Å². The maximum absolute atomic E-state index is 15.0. The average Bonchev–Trinajstić information content (AvgIpc) is 3.78. The molecule has 8 heteroatoms. The van der Waals surface area contributed by atoms with Crippen LogP contribution in [0.15, 0.2) is 66.7 Å². The second kappa shape index (κ2) is 11.4. The summed E-state index contributed by atoms with van der Waals surface area (Å²) >= 11 is 0. The monoisotopic (exact) mass is 550 g/mol. The normalized spacial score (nSPS) is 19.0. The highest BCUT2D eigenvalue weighted by Gasteiger charge is 2.61. The molecule has 0 radical (unpaired) electrons. The number of alkyl halides is 3. The van der Waals surface area contributed by atoms with Gasteiger partial charge in [0, 0.05) is 23.7 Å². The van der Waals surface area contributed by atoms with Gasteiger partial charge in [-0.3, -0.25) is 4.90 Å². The fraction of sp³-hybridized carbons (Fsp3) is 0.375. The summed E-state index contributed by atoms with van der Waals surface area (Å²) in [5, 5.41) is 0. The Morgan fingerprint density at radius 1 is 0.850 bits per heavy atom. The molecular formula is C32H33F3N2O3. The van der Waals surface area contributed by atoms with Gasteiger partial charge in [0.05, 0.1) is 34.1 Å². The zero-order valence-corrected chi connectivity index (χ0v) is 22.9. The molecule has 1 aliphatic heterocycles. The molecule has 0 amide bonds. The van der Waals surface area contributed by atoms with Gasteiger partial charge in [0.25, 0.3) is 0 Å². The van der Waals surface area contributed by atoms with E-state index in [2.05, 4.69) is 11.8 Å². The topological polar surface area (TPSA) is 34.2 Å². The van der Waals surface area contributed by atoms with Crippen molar-refractivity contribution >= 4 is 5.69 Å². The largest absolute Gasteiger partial charge is 0.497 e. The molecular weight excluding hydrogens is 517 g/mol. The first kappa shape index (κ1) is 27.9. The van der Waals surface area contributed by atoms with Gasteiger partial charge >= 0.3 is 6.18 Å². The van der Waals surface area contributed by atoms with Gasteiger partial charge < -0.3 is 19.1 Å². The van der Waals surface area contributed by atoms with Crippen molar-refractivity contribution in [1.29, 1.82) is 0 Å². The van der Waals surface area contributed by atoms with Crippen LogP contribution in [0.3, 0.4) is 0 Å². The summed E-state index contributed by atoms with van der Waals surface area (Å²) in [6.45, 7) is 1.13. The molecule has 0 bridgehead atoms. The van der Waals surface area contributed by atoms with E-state index < -0.39 is 11.7 Å². The van der Waals surface area contributed by atoms with Gasteiger partial charge in [0.1, 0.15) is 11.5 Å². The average molecular weight is 551 g/mol. The molecule has 3 aromatic rings. The highest BCUT2D eigenvalue weighted by Crippen LogP contribution is 2.50. The van der Waals surface area contributed by atoms with Crippen molar-refractivity contribution in [2.45, 2.75) is 44.3 Å². The molecule has 1 fully saturated rings. The molecule has 40 heavy (non-hydrogen) atoms. The fourth-order valence-electron chi connectivity index (χ4n) is 5.01. The SMILES string of the molecule is COc1ccc(COCc2ccc3c(c2)N(Cc2ccc(OC)cc2)CN(C)[C@]3(C#CC2CC2)C(F)(F)F)cc1. The van der Waals surface area contributed by atoms with Gasteiger partial charge in [0.15, 0.2) is 0 Å². The zero-order valence-electron chi connectivity index (χ0n) is 22.9. The maximum atomic E-state index is 15.0. The highest BCUT2D eigenvalue weighted by atomic mass is 19.4. The van der Waals surface area contributed by atoms with Crippen molar-refractivity contribution in [1.82, 2.24) is 4.90 Å². The van der Waals surface area contributed by atoms with E-state index in [4.69, 9.17) is 14.2 Å². The summed E-state index contributed by atoms with van der Waals surface area (Å²) in [5.41, 5.74) is 1.01. The molecule has 5 nitrogen and oxygen atoms in total. The molecule has 0 aromatic heterocycles. The Bertz CT molecular complexity index is 1380. The molecule has 1 heterocycles. The predicted molar refractivity (Wildman–Crippen MR) is 148 cm³/mol. The first-order chi connectivity index (χ1) is 19.2. The van der Waals surface area contributed by atoms with E-state index in [9.17, 15) is 13.2 Å². The first-order valence-electron chi connectivity index (χ1n) is 13.3. The molecule has 1 atom stereocenters. The van der Waals surface area contributed by atoms with Crippen LogP contribution in [0.5, 0.6) is 11.5 Å². The third-order valence-corrected chi connectivity index (χ3v) is 7.42. The summed E-state index contributed by atoms with van der Waals surface area (Å²) in [6.07, 6.45) is -2.88. The highest BCUT2D eigenvalue weighted by molar-refractivity contribution is 5.64. The number of anilines is 1. The number of hydrogen-bond donors (Lipinski definition) is 0. The van der Waals surface area contributed by atoms with E-state index in [1.807, 2.05) is 59.5 Å². The van der Waals surface area contributed by atoms with E-state index in [0.717, 1.165) is 41.0 Å². The smallest absolute Gasteiger partial charge is 0.422 e. The Kier molecular flexibility index (Phi) is 7.97. The van der Waals surface area contributed by atoms with E-state index in [1.165, 1.54) is 11.9 Å². The summed E-state index contributed by atoms with van der Waals surface area (Å²) in [4.78, 5) is 3.29. The molecule has 3 aromatic carbocycles. The van der Waals surface area contributed by atoms with Crippen LogP contribution in [-0.4, -0.2) is 39.0 Å². The lowest BCUT2D eigenvalue weighted by Gasteiger charge is -2.48. The minimum absolute atomic E-state index is 0.0408. The van der Waals surface area contributed by atoms with Crippen LogP contribution in [0.1, 0.15) is 35.1 Å². The van der Waals surface area contributed by atoms with E-state index in [1.54, 1.807) is 26.4 Å².